The SMILES string of the molecule is O=c1[nH]c(=O)n([C@@H]2O[C@H](CO)[C@@H](O)[C@H]2F)cc1[123I]. The number of ether oxygens (including phenoxy) is 1. The van der Waals surface area contributed by atoms with E-state index in [9.17, 15) is 19.1 Å². The molecule has 0 aliphatic carbocycles. The first-order chi connectivity index (χ1) is 8.45. The number of H-pyrrole nitrogens is 1. The molecule has 2 rings (SSSR count). The zero-order chi connectivity index (χ0) is 13.4. The Hall–Kier alpha value is -0.780. The topological polar surface area (TPSA) is 105 Å². The molecule has 4 atom stereocenters. The molecule has 1 aliphatic rings. The van der Waals surface area contributed by atoms with Crippen molar-refractivity contribution in [1.82, 2.24) is 9.55 Å². The van der Waals surface area contributed by atoms with E-state index in [0.29, 0.717) is 0 Å². The summed E-state index contributed by atoms with van der Waals surface area (Å²) in [5, 5.41) is 18.3. The van der Waals surface area contributed by atoms with Crippen molar-refractivity contribution in [2.45, 2.75) is 24.6 Å². The first-order valence-electron chi connectivity index (χ1n) is 5.05. The molecule has 2 heterocycles. The van der Waals surface area contributed by atoms with E-state index < -0.39 is 42.5 Å². The van der Waals surface area contributed by atoms with Crippen LogP contribution < -0.4 is 11.2 Å². The van der Waals surface area contributed by atoms with E-state index in [-0.39, 0.29) is 3.57 Å². The Kier molecular flexibility index (Phi) is 3.84. The Morgan fingerprint density at radius 2 is 2.22 bits per heavy atom. The van der Waals surface area contributed by atoms with Crippen molar-refractivity contribution in [2.75, 3.05) is 6.61 Å². The number of nitrogens with zero attached hydrogens (tertiary/aromatic N) is 1. The van der Waals surface area contributed by atoms with Crippen molar-refractivity contribution in [3.05, 3.63) is 30.6 Å². The summed E-state index contributed by atoms with van der Waals surface area (Å²) in [5.74, 6) is 0. The largest absolute Gasteiger partial charge is 0.394 e. The predicted octanol–water partition coefficient (Wildman–Crippen LogP) is -1.27. The van der Waals surface area contributed by atoms with E-state index in [1.54, 1.807) is 22.6 Å². The van der Waals surface area contributed by atoms with Crippen LogP contribution in [0.4, 0.5) is 4.39 Å². The monoisotopic (exact) mass is 368 g/mol. The molecule has 18 heavy (non-hydrogen) atoms. The van der Waals surface area contributed by atoms with Crippen molar-refractivity contribution in [2.24, 2.45) is 0 Å². The first kappa shape index (κ1) is 13.6. The lowest BCUT2D eigenvalue weighted by Crippen LogP contribution is -2.37. The van der Waals surface area contributed by atoms with E-state index in [2.05, 4.69) is 0 Å². The summed E-state index contributed by atoms with van der Waals surface area (Å²) in [6, 6.07) is 0. The maximum Gasteiger partial charge on any atom is 0.330 e. The van der Waals surface area contributed by atoms with Crippen LogP contribution in [0.1, 0.15) is 6.23 Å². The molecule has 9 heteroatoms. The van der Waals surface area contributed by atoms with Gasteiger partial charge in [0.05, 0.1) is 10.2 Å². The van der Waals surface area contributed by atoms with Gasteiger partial charge in [-0.2, -0.15) is 0 Å². The van der Waals surface area contributed by atoms with Crippen LogP contribution in [-0.2, 0) is 4.74 Å². The molecular weight excluding hydrogens is 358 g/mol. The van der Waals surface area contributed by atoms with Gasteiger partial charge in [-0.1, -0.05) is 0 Å². The highest BCUT2D eigenvalue weighted by atomic mass is 123. The summed E-state index contributed by atoms with van der Waals surface area (Å²) < 4.78 is 19.9. The van der Waals surface area contributed by atoms with Crippen molar-refractivity contribution < 1.29 is 19.3 Å². The number of hydrogen-bond donors (Lipinski definition) is 3. The molecule has 100 valence electrons. The highest BCUT2D eigenvalue weighted by Gasteiger charge is 2.45. The van der Waals surface area contributed by atoms with E-state index >= 15 is 0 Å². The van der Waals surface area contributed by atoms with Gasteiger partial charge in [0.2, 0.25) is 0 Å². The van der Waals surface area contributed by atoms with Crippen LogP contribution in [0.15, 0.2) is 15.8 Å². The summed E-state index contributed by atoms with van der Waals surface area (Å²) in [6.45, 7) is -0.562. The van der Waals surface area contributed by atoms with Crippen LogP contribution in [0, 0.1) is 3.57 Å². The lowest BCUT2D eigenvalue weighted by atomic mass is 10.1. The number of aliphatic hydroxyl groups excluding tert-OH is 2. The molecule has 1 aromatic rings. The van der Waals surface area contributed by atoms with E-state index in [1.165, 1.54) is 0 Å². The maximum atomic E-state index is 13.8. The molecule has 3 N–H and O–H groups in total. The van der Waals surface area contributed by atoms with Crippen molar-refractivity contribution >= 4 is 22.6 Å². The second-order valence-electron chi connectivity index (χ2n) is 3.83. The average Bonchev–Trinajstić information content (AvgIpc) is 2.61. The Morgan fingerprint density at radius 3 is 2.78 bits per heavy atom. The minimum atomic E-state index is -1.86. The predicted molar refractivity (Wildman–Crippen MR) is 65.9 cm³/mol. The zero-order valence-corrected chi connectivity index (χ0v) is 11.1. The van der Waals surface area contributed by atoms with Gasteiger partial charge in [-0.25, -0.2) is 9.18 Å². The fourth-order valence-corrected chi connectivity index (χ4v) is 2.16. The van der Waals surface area contributed by atoms with Gasteiger partial charge in [0.1, 0.15) is 12.2 Å². The second-order valence-corrected chi connectivity index (χ2v) is 4.99. The standard InChI is InChI=1S/C9H10FIN2O5/c10-5-6(15)4(2-14)18-8(5)13-1-3(11)7(16)12-9(13)17/h1,4-6,8,14-15H,2H2,(H,12,16,17)/t4-,5-,6-,8-/m1/s1/i11-4. The van der Waals surface area contributed by atoms with E-state index in [0.717, 1.165) is 10.8 Å². The number of hydrogen-bond acceptors (Lipinski definition) is 5. The number of rotatable bonds is 2. The zero-order valence-electron chi connectivity index (χ0n) is 8.92. The quantitative estimate of drug-likeness (QED) is 0.565. The Bertz CT molecular complexity index is 559. The van der Waals surface area contributed by atoms with Crippen LogP contribution in [0.2, 0.25) is 0 Å². The second kappa shape index (κ2) is 5.07. The highest BCUT2D eigenvalue weighted by Crippen LogP contribution is 2.30. The maximum absolute atomic E-state index is 13.8. The van der Waals surface area contributed by atoms with Crippen LogP contribution in [0.3, 0.4) is 0 Å². The van der Waals surface area contributed by atoms with Gasteiger partial charge in [0.25, 0.3) is 5.56 Å². The smallest absolute Gasteiger partial charge is 0.330 e. The molecule has 0 unspecified atom stereocenters. The van der Waals surface area contributed by atoms with Crippen LogP contribution in [-0.4, -0.2) is 44.8 Å². The number of aromatic nitrogens is 2. The first-order valence-corrected chi connectivity index (χ1v) is 6.13. The molecule has 0 aromatic carbocycles. The minimum absolute atomic E-state index is 0.185. The van der Waals surface area contributed by atoms with Gasteiger partial charge in [-0.15, -0.1) is 0 Å². The molecule has 1 aromatic heterocycles. The number of aliphatic hydroxyl groups is 2. The normalized spacial score (nSPS) is 31.8. The molecule has 1 saturated heterocycles. The summed E-state index contributed by atoms with van der Waals surface area (Å²) in [4.78, 5) is 24.7. The third-order valence-electron chi connectivity index (χ3n) is 2.67. The van der Waals surface area contributed by atoms with Gasteiger partial charge < -0.3 is 14.9 Å². The van der Waals surface area contributed by atoms with Crippen LogP contribution in [0.5, 0.6) is 0 Å². The number of aromatic amines is 1. The van der Waals surface area contributed by atoms with Crippen LogP contribution >= 0.6 is 22.6 Å². The molecule has 1 aliphatic heterocycles. The van der Waals surface area contributed by atoms with E-state index in [1.807, 2.05) is 4.98 Å². The average molecular weight is 368 g/mol. The summed E-state index contributed by atoms with van der Waals surface area (Å²) >= 11 is 1.69. The van der Waals surface area contributed by atoms with Gasteiger partial charge in [0.15, 0.2) is 12.4 Å². The van der Waals surface area contributed by atoms with Gasteiger partial charge in [0, 0.05) is 6.20 Å². The Morgan fingerprint density at radius 1 is 1.56 bits per heavy atom. The summed E-state index contributed by atoms with van der Waals surface area (Å²) in [5.41, 5.74) is -1.41. The third kappa shape index (κ3) is 2.22. The molecule has 7 nitrogen and oxygen atoms in total. The fraction of sp³-hybridized carbons (Fsp3) is 0.556. The third-order valence-corrected chi connectivity index (χ3v) is 3.44. The minimum Gasteiger partial charge on any atom is -0.394 e. The van der Waals surface area contributed by atoms with Crippen molar-refractivity contribution in [3.63, 3.8) is 0 Å². The number of nitrogens with one attached hydrogen (secondary N) is 1. The van der Waals surface area contributed by atoms with E-state index in [4.69, 9.17) is 9.84 Å². The Balaban J connectivity index is 2.42. The molecule has 1 fully saturated rings. The fourth-order valence-electron chi connectivity index (χ4n) is 1.73. The molecular formula is C9H10FIN2O5. The lowest BCUT2D eigenvalue weighted by Gasteiger charge is -2.15. The Labute approximate surface area is 113 Å². The number of alkyl halides is 1. The van der Waals surface area contributed by atoms with Crippen LogP contribution in [0.25, 0.3) is 0 Å². The van der Waals surface area contributed by atoms with Crippen molar-refractivity contribution in [1.29, 1.82) is 0 Å². The molecule has 0 bridgehead atoms. The molecule has 0 saturated carbocycles. The molecule has 0 radical (unpaired) electrons. The number of halogens is 2. The lowest BCUT2D eigenvalue weighted by molar-refractivity contribution is -0.0492. The van der Waals surface area contributed by atoms with Crippen molar-refractivity contribution in [3.8, 4) is 0 Å². The summed E-state index contributed by atoms with van der Waals surface area (Å²) in [7, 11) is 0. The molecule has 0 spiro atoms. The van der Waals surface area contributed by atoms with Gasteiger partial charge in [-0.3, -0.25) is 14.3 Å². The summed E-state index contributed by atoms with van der Waals surface area (Å²) in [6.07, 6.45) is -4.69. The van der Waals surface area contributed by atoms with Gasteiger partial charge in [-0.05, 0) is 22.6 Å². The van der Waals surface area contributed by atoms with Gasteiger partial charge >= 0.3 is 5.69 Å². The highest BCUT2D eigenvalue weighted by molar-refractivity contribution is 14.1. The molecule has 0 amide bonds.